The second kappa shape index (κ2) is 7.58. The predicted molar refractivity (Wildman–Crippen MR) is 92.8 cm³/mol. The summed E-state index contributed by atoms with van der Waals surface area (Å²) in [6.07, 6.45) is 2.96. The molecule has 0 saturated carbocycles. The van der Waals surface area contributed by atoms with Gasteiger partial charge in [0.15, 0.2) is 0 Å². The average Bonchev–Trinajstić information content (AvgIpc) is 3.04. The van der Waals surface area contributed by atoms with Gasteiger partial charge in [0.05, 0.1) is 0 Å². The Balaban J connectivity index is 1.63. The third-order valence-corrected chi connectivity index (χ3v) is 4.68. The van der Waals surface area contributed by atoms with Gasteiger partial charge in [-0.3, -0.25) is 4.79 Å². The first-order valence-corrected chi connectivity index (χ1v) is 8.48. The summed E-state index contributed by atoms with van der Waals surface area (Å²) < 4.78 is 13.4. The Morgan fingerprint density at radius 2 is 2.00 bits per heavy atom. The molecule has 2 N–H and O–H groups in total. The van der Waals surface area contributed by atoms with Crippen LogP contribution >= 0.6 is 0 Å². The van der Waals surface area contributed by atoms with Crippen LogP contribution in [0.3, 0.4) is 0 Å². The van der Waals surface area contributed by atoms with E-state index in [9.17, 15) is 9.18 Å². The number of nitrogens with two attached hydrogens (primary N) is 1. The Morgan fingerprint density at radius 1 is 1.21 bits per heavy atom. The van der Waals surface area contributed by atoms with Gasteiger partial charge in [-0.05, 0) is 42.5 Å². The molecule has 2 aromatic carbocycles. The van der Waals surface area contributed by atoms with Gasteiger partial charge in [0, 0.05) is 25.0 Å². The first-order chi connectivity index (χ1) is 11.6. The first-order valence-electron chi connectivity index (χ1n) is 8.48. The summed E-state index contributed by atoms with van der Waals surface area (Å²) in [7, 11) is 0. The molecule has 0 bridgehead atoms. The third kappa shape index (κ3) is 4.01. The number of rotatable bonds is 5. The molecule has 1 fully saturated rings. The molecule has 3 rings (SSSR count). The van der Waals surface area contributed by atoms with Crippen LogP contribution in [0, 0.1) is 5.82 Å². The lowest BCUT2D eigenvalue weighted by Crippen LogP contribution is -2.38. The Kier molecular flexibility index (Phi) is 5.26. The van der Waals surface area contributed by atoms with Crippen molar-refractivity contribution in [2.45, 2.75) is 37.8 Å². The van der Waals surface area contributed by atoms with Crippen molar-refractivity contribution in [3.8, 4) is 0 Å². The minimum absolute atomic E-state index is 0.0882. The minimum Gasteiger partial charge on any atom is -0.339 e. The fourth-order valence-electron chi connectivity index (χ4n) is 3.44. The van der Waals surface area contributed by atoms with E-state index < -0.39 is 0 Å². The van der Waals surface area contributed by atoms with E-state index in [2.05, 4.69) is 0 Å². The maximum atomic E-state index is 13.4. The molecule has 1 amide bonds. The number of halogens is 1. The highest BCUT2D eigenvalue weighted by Gasteiger charge is 2.29. The lowest BCUT2D eigenvalue weighted by atomic mass is 10.0. The Labute approximate surface area is 142 Å². The number of likely N-dealkylation sites (tertiary alicyclic amines) is 1. The van der Waals surface area contributed by atoms with Gasteiger partial charge < -0.3 is 10.6 Å². The van der Waals surface area contributed by atoms with Crippen LogP contribution in [0.2, 0.25) is 0 Å². The molecular formula is C20H23FN2O. The largest absolute Gasteiger partial charge is 0.339 e. The summed E-state index contributed by atoms with van der Waals surface area (Å²) in [5.41, 5.74) is 8.10. The van der Waals surface area contributed by atoms with Crippen molar-refractivity contribution < 1.29 is 9.18 Å². The zero-order valence-electron chi connectivity index (χ0n) is 13.7. The first kappa shape index (κ1) is 16.7. The Bertz CT molecular complexity index is 689. The van der Waals surface area contributed by atoms with Gasteiger partial charge in [0.1, 0.15) is 5.82 Å². The van der Waals surface area contributed by atoms with Crippen molar-refractivity contribution in [2.24, 2.45) is 5.73 Å². The molecule has 3 nitrogen and oxygen atoms in total. The lowest BCUT2D eigenvalue weighted by Gasteiger charge is -2.26. The van der Waals surface area contributed by atoms with Crippen molar-refractivity contribution >= 4 is 5.91 Å². The van der Waals surface area contributed by atoms with Gasteiger partial charge in [-0.25, -0.2) is 4.39 Å². The topological polar surface area (TPSA) is 46.3 Å². The van der Waals surface area contributed by atoms with E-state index in [1.54, 1.807) is 12.1 Å². The van der Waals surface area contributed by atoms with Crippen LogP contribution in [0.1, 0.15) is 36.4 Å². The molecule has 0 radical (unpaired) electrons. The van der Waals surface area contributed by atoms with Crippen LogP contribution in [0.15, 0.2) is 54.6 Å². The average molecular weight is 326 g/mol. The molecule has 24 heavy (non-hydrogen) atoms. The number of benzene rings is 2. The number of amides is 1. The molecule has 2 aromatic rings. The zero-order chi connectivity index (χ0) is 16.9. The van der Waals surface area contributed by atoms with Crippen LogP contribution in [-0.4, -0.2) is 23.4 Å². The minimum atomic E-state index is -0.283. The van der Waals surface area contributed by atoms with Gasteiger partial charge in [0.25, 0.3) is 0 Å². The highest BCUT2D eigenvalue weighted by molar-refractivity contribution is 5.77. The van der Waals surface area contributed by atoms with Gasteiger partial charge in [-0.2, -0.15) is 0 Å². The molecule has 0 aromatic heterocycles. The van der Waals surface area contributed by atoms with Crippen molar-refractivity contribution in [2.75, 3.05) is 6.54 Å². The quantitative estimate of drug-likeness (QED) is 0.915. The summed E-state index contributed by atoms with van der Waals surface area (Å²) in [5, 5.41) is 0. The molecule has 1 heterocycles. The van der Waals surface area contributed by atoms with E-state index in [0.717, 1.165) is 30.5 Å². The Morgan fingerprint density at radius 3 is 2.75 bits per heavy atom. The van der Waals surface area contributed by atoms with E-state index in [-0.39, 0.29) is 23.8 Å². The van der Waals surface area contributed by atoms with Crippen molar-refractivity contribution in [1.29, 1.82) is 0 Å². The standard InChI is InChI=1S/C20H23FN2O/c21-17-9-4-6-15(12-17)13-18-10-5-11-23(18)20(24)14-19(22)16-7-2-1-3-8-16/h1-4,6-9,12,18-19H,5,10-11,13-14,22H2. The maximum absolute atomic E-state index is 13.4. The summed E-state index contributed by atoms with van der Waals surface area (Å²) in [6, 6.07) is 16.2. The van der Waals surface area contributed by atoms with E-state index in [4.69, 9.17) is 5.73 Å². The number of nitrogens with zero attached hydrogens (tertiary/aromatic N) is 1. The van der Waals surface area contributed by atoms with E-state index in [1.807, 2.05) is 41.3 Å². The second-order valence-corrected chi connectivity index (χ2v) is 6.44. The third-order valence-electron chi connectivity index (χ3n) is 4.68. The summed E-state index contributed by atoms with van der Waals surface area (Å²) >= 11 is 0. The molecule has 126 valence electrons. The predicted octanol–water partition coefficient (Wildman–Crippen LogP) is 3.45. The molecule has 0 aliphatic carbocycles. The molecule has 1 aliphatic rings. The monoisotopic (exact) mass is 326 g/mol. The zero-order valence-corrected chi connectivity index (χ0v) is 13.7. The summed E-state index contributed by atoms with van der Waals surface area (Å²) in [4.78, 5) is 14.6. The highest BCUT2D eigenvalue weighted by Crippen LogP contribution is 2.24. The van der Waals surface area contributed by atoms with Crippen molar-refractivity contribution in [1.82, 2.24) is 4.90 Å². The van der Waals surface area contributed by atoms with Gasteiger partial charge in [0.2, 0.25) is 5.91 Å². The lowest BCUT2D eigenvalue weighted by molar-refractivity contribution is -0.132. The van der Waals surface area contributed by atoms with Crippen LogP contribution in [0.4, 0.5) is 4.39 Å². The summed E-state index contributed by atoms with van der Waals surface area (Å²) in [5.74, 6) is -0.139. The number of carbonyl (C=O) groups is 1. The van der Waals surface area contributed by atoms with E-state index >= 15 is 0 Å². The van der Waals surface area contributed by atoms with Crippen LogP contribution in [-0.2, 0) is 11.2 Å². The molecule has 0 spiro atoms. The van der Waals surface area contributed by atoms with Gasteiger partial charge >= 0.3 is 0 Å². The van der Waals surface area contributed by atoms with Crippen LogP contribution < -0.4 is 5.73 Å². The Hall–Kier alpha value is -2.20. The van der Waals surface area contributed by atoms with Gasteiger partial charge in [-0.1, -0.05) is 42.5 Å². The van der Waals surface area contributed by atoms with Crippen LogP contribution in [0.25, 0.3) is 0 Å². The molecule has 2 unspecified atom stereocenters. The highest BCUT2D eigenvalue weighted by atomic mass is 19.1. The number of hydrogen-bond acceptors (Lipinski definition) is 2. The maximum Gasteiger partial charge on any atom is 0.224 e. The fourth-order valence-corrected chi connectivity index (χ4v) is 3.44. The smallest absolute Gasteiger partial charge is 0.224 e. The molecule has 4 heteroatoms. The van der Waals surface area contributed by atoms with Crippen molar-refractivity contribution in [3.63, 3.8) is 0 Å². The number of carbonyl (C=O) groups excluding carboxylic acids is 1. The van der Waals surface area contributed by atoms with Crippen molar-refractivity contribution in [3.05, 3.63) is 71.5 Å². The van der Waals surface area contributed by atoms with E-state index in [1.165, 1.54) is 6.07 Å². The normalized spacial score (nSPS) is 18.6. The molecule has 1 saturated heterocycles. The molecule has 2 atom stereocenters. The van der Waals surface area contributed by atoms with Gasteiger partial charge in [-0.15, -0.1) is 0 Å². The SMILES string of the molecule is NC(CC(=O)N1CCCC1Cc1cccc(F)c1)c1ccccc1. The molecule has 1 aliphatic heterocycles. The second-order valence-electron chi connectivity index (χ2n) is 6.44. The number of hydrogen-bond donors (Lipinski definition) is 1. The van der Waals surface area contributed by atoms with Crippen LogP contribution in [0.5, 0.6) is 0 Å². The van der Waals surface area contributed by atoms with E-state index in [0.29, 0.717) is 12.8 Å². The molecular weight excluding hydrogens is 303 g/mol. The summed E-state index contributed by atoms with van der Waals surface area (Å²) in [6.45, 7) is 0.764. The fraction of sp³-hybridized carbons (Fsp3) is 0.350.